The van der Waals surface area contributed by atoms with Crippen molar-refractivity contribution in [1.82, 2.24) is 20.3 Å². The van der Waals surface area contributed by atoms with Crippen molar-refractivity contribution in [1.29, 1.82) is 0 Å². The van der Waals surface area contributed by atoms with Gasteiger partial charge in [-0.25, -0.2) is 9.61 Å². The molecule has 0 aliphatic carbocycles. The molecular formula is C14H13N7O3. The van der Waals surface area contributed by atoms with E-state index in [1.54, 1.807) is 24.7 Å². The first-order valence-electron chi connectivity index (χ1n) is 7.39. The minimum absolute atomic E-state index is 0.104. The molecular weight excluding hydrogens is 314 g/mol. The minimum atomic E-state index is -0.484. The smallest absolute Gasteiger partial charge is 0.300 e. The summed E-state index contributed by atoms with van der Waals surface area (Å²) >= 11 is 0. The predicted molar refractivity (Wildman–Crippen MR) is 84.9 cm³/mol. The molecule has 1 aromatic carbocycles. The minimum Gasteiger partial charge on any atom is -0.366 e. The Morgan fingerprint density at radius 2 is 1.79 bits per heavy atom. The maximum atomic E-state index is 11.1. The van der Waals surface area contributed by atoms with Crippen LogP contribution in [-0.2, 0) is 0 Å². The van der Waals surface area contributed by atoms with E-state index in [2.05, 4.69) is 30.1 Å². The highest BCUT2D eigenvalue weighted by atomic mass is 16.6. The summed E-state index contributed by atoms with van der Waals surface area (Å²) in [5.41, 5.74) is 1.27. The first-order valence-corrected chi connectivity index (χ1v) is 7.39. The van der Waals surface area contributed by atoms with Gasteiger partial charge < -0.3 is 9.80 Å². The average Bonchev–Trinajstić information content (AvgIpc) is 3.11. The van der Waals surface area contributed by atoms with Crippen LogP contribution in [0.4, 0.5) is 17.2 Å². The summed E-state index contributed by atoms with van der Waals surface area (Å²) in [6.07, 6.45) is 5.05. The van der Waals surface area contributed by atoms with Crippen LogP contribution in [0, 0.1) is 10.1 Å². The Morgan fingerprint density at radius 3 is 2.50 bits per heavy atom. The second-order valence-electron chi connectivity index (χ2n) is 5.36. The number of hydrogen-bond donors (Lipinski definition) is 0. The number of nitrogens with zero attached hydrogens (tertiary/aromatic N) is 7. The maximum Gasteiger partial charge on any atom is 0.300 e. The zero-order chi connectivity index (χ0) is 16.5. The number of nitro groups is 1. The summed E-state index contributed by atoms with van der Waals surface area (Å²) < 4.78 is 4.72. The number of fused-ring (bicyclic) bond motifs is 1. The van der Waals surface area contributed by atoms with Crippen LogP contribution >= 0.6 is 0 Å². The first-order chi connectivity index (χ1) is 11.7. The van der Waals surface area contributed by atoms with E-state index in [0.717, 1.165) is 37.7 Å². The number of anilines is 2. The van der Waals surface area contributed by atoms with Gasteiger partial charge in [-0.05, 0) is 16.4 Å². The quantitative estimate of drug-likeness (QED) is 0.517. The van der Waals surface area contributed by atoms with E-state index in [9.17, 15) is 10.1 Å². The molecule has 3 heterocycles. The van der Waals surface area contributed by atoms with Crippen molar-refractivity contribution < 1.29 is 9.55 Å². The van der Waals surface area contributed by atoms with Crippen molar-refractivity contribution >= 4 is 28.2 Å². The maximum absolute atomic E-state index is 11.1. The Kier molecular flexibility index (Phi) is 3.41. The van der Waals surface area contributed by atoms with Crippen molar-refractivity contribution in [3.05, 3.63) is 40.8 Å². The zero-order valence-corrected chi connectivity index (χ0v) is 12.6. The van der Waals surface area contributed by atoms with E-state index in [4.69, 9.17) is 4.63 Å². The molecule has 0 unspecified atom stereocenters. The number of non-ortho nitro benzene ring substituents is 1. The monoisotopic (exact) mass is 327 g/mol. The number of rotatable bonds is 3. The van der Waals surface area contributed by atoms with E-state index < -0.39 is 4.92 Å². The van der Waals surface area contributed by atoms with E-state index >= 15 is 0 Å². The van der Waals surface area contributed by atoms with Crippen LogP contribution in [0.15, 0.2) is 35.4 Å². The van der Waals surface area contributed by atoms with Crippen LogP contribution in [0.3, 0.4) is 0 Å². The summed E-state index contributed by atoms with van der Waals surface area (Å²) in [7, 11) is 0. The predicted octanol–water partition coefficient (Wildman–Crippen LogP) is 1.25. The standard InChI is InChI=1S/C14H13N7O3/c22-21(23)11-2-1-10(13-14(11)18-24-17-13)19-5-7-20(8-6-19)12-9-15-3-4-16-12/h1-4,9H,5-8H2. The fourth-order valence-corrected chi connectivity index (χ4v) is 2.87. The molecule has 122 valence electrons. The Hall–Kier alpha value is -3.30. The molecule has 0 atom stereocenters. The van der Waals surface area contributed by atoms with Gasteiger partial charge in [0.2, 0.25) is 5.52 Å². The number of hydrogen-bond acceptors (Lipinski definition) is 9. The van der Waals surface area contributed by atoms with Crippen molar-refractivity contribution in [2.24, 2.45) is 0 Å². The lowest BCUT2D eigenvalue weighted by Crippen LogP contribution is -2.47. The van der Waals surface area contributed by atoms with Crippen LogP contribution in [0.1, 0.15) is 0 Å². The number of nitro benzene ring substituents is 1. The average molecular weight is 327 g/mol. The van der Waals surface area contributed by atoms with Crippen molar-refractivity contribution in [2.75, 3.05) is 36.0 Å². The normalized spacial score (nSPS) is 15.0. The second-order valence-corrected chi connectivity index (χ2v) is 5.36. The lowest BCUT2D eigenvalue weighted by Gasteiger charge is -2.36. The van der Waals surface area contributed by atoms with Gasteiger partial charge in [-0.15, -0.1) is 0 Å². The molecule has 24 heavy (non-hydrogen) atoms. The highest BCUT2D eigenvalue weighted by Gasteiger charge is 2.25. The highest BCUT2D eigenvalue weighted by molar-refractivity contribution is 5.93. The molecule has 0 saturated carbocycles. The van der Waals surface area contributed by atoms with Gasteiger partial charge in [0.15, 0.2) is 5.52 Å². The zero-order valence-electron chi connectivity index (χ0n) is 12.6. The number of aromatic nitrogens is 4. The molecule has 0 bridgehead atoms. The van der Waals surface area contributed by atoms with Gasteiger partial charge in [0.1, 0.15) is 5.82 Å². The fourth-order valence-electron chi connectivity index (χ4n) is 2.87. The molecule has 1 aliphatic rings. The third-order valence-electron chi connectivity index (χ3n) is 4.06. The third kappa shape index (κ3) is 2.37. The second kappa shape index (κ2) is 5.72. The molecule has 4 rings (SSSR count). The topological polar surface area (TPSA) is 114 Å². The van der Waals surface area contributed by atoms with E-state index in [-0.39, 0.29) is 11.2 Å². The largest absolute Gasteiger partial charge is 0.366 e. The Morgan fingerprint density at radius 1 is 1.04 bits per heavy atom. The van der Waals surface area contributed by atoms with Gasteiger partial charge in [0.25, 0.3) is 0 Å². The van der Waals surface area contributed by atoms with Crippen molar-refractivity contribution in [3.8, 4) is 0 Å². The Labute approximate surface area is 135 Å². The molecule has 2 aromatic heterocycles. The molecule has 0 N–H and O–H groups in total. The molecule has 10 heteroatoms. The van der Waals surface area contributed by atoms with Gasteiger partial charge >= 0.3 is 5.69 Å². The molecule has 1 fully saturated rings. The Bertz CT molecular complexity index is 874. The van der Waals surface area contributed by atoms with E-state index in [0.29, 0.717) is 5.52 Å². The van der Waals surface area contributed by atoms with Crippen molar-refractivity contribution in [3.63, 3.8) is 0 Å². The summed E-state index contributed by atoms with van der Waals surface area (Å²) in [5.74, 6) is 0.842. The summed E-state index contributed by atoms with van der Waals surface area (Å²) in [4.78, 5) is 23.2. The van der Waals surface area contributed by atoms with E-state index in [1.807, 2.05) is 0 Å². The number of benzene rings is 1. The van der Waals surface area contributed by atoms with Crippen LogP contribution in [0.2, 0.25) is 0 Å². The molecule has 0 amide bonds. The van der Waals surface area contributed by atoms with Crippen LogP contribution in [0.5, 0.6) is 0 Å². The lowest BCUT2D eigenvalue weighted by atomic mass is 10.2. The molecule has 0 radical (unpaired) electrons. The van der Waals surface area contributed by atoms with Gasteiger partial charge in [-0.3, -0.25) is 15.1 Å². The molecule has 1 aliphatic heterocycles. The van der Waals surface area contributed by atoms with Crippen molar-refractivity contribution in [2.45, 2.75) is 0 Å². The fraction of sp³-hybridized carbons (Fsp3) is 0.286. The summed E-state index contributed by atoms with van der Waals surface area (Å²) in [6, 6.07) is 3.14. The van der Waals surface area contributed by atoms with Gasteiger partial charge in [0, 0.05) is 44.6 Å². The van der Waals surface area contributed by atoms with Crippen LogP contribution in [-0.4, -0.2) is 51.4 Å². The highest BCUT2D eigenvalue weighted by Crippen LogP contribution is 2.31. The summed E-state index contributed by atoms with van der Waals surface area (Å²) in [6.45, 7) is 3.00. The molecule has 1 saturated heterocycles. The number of piperazine rings is 1. The molecule has 0 spiro atoms. The lowest BCUT2D eigenvalue weighted by molar-refractivity contribution is -0.383. The Balaban J connectivity index is 1.58. The van der Waals surface area contributed by atoms with Crippen LogP contribution < -0.4 is 9.80 Å². The summed E-state index contributed by atoms with van der Waals surface area (Å²) in [5, 5.41) is 18.6. The molecule has 3 aromatic rings. The van der Waals surface area contributed by atoms with Crippen LogP contribution in [0.25, 0.3) is 11.0 Å². The first kappa shape index (κ1) is 14.3. The SMILES string of the molecule is O=[N+]([O-])c1ccc(N2CCN(c3cnccn3)CC2)c2nonc12. The molecule has 10 nitrogen and oxygen atoms in total. The third-order valence-corrected chi connectivity index (χ3v) is 4.06. The van der Waals surface area contributed by atoms with Gasteiger partial charge in [-0.2, -0.15) is 0 Å². The van der Waals surface area contributed by atoms with Gasteiger partial charge in [-0.1, -0.05) is 0 Å². The van der Waals surface area contributed by atoms with Gasteiger partial charge in [0.05, 0.1) is 16.8 Å². The van der Waals surface area contributed by atoms with E-state index in [1.165, 1.54) is 6.07 Å².